The fraction of sp³-hybridized carbons (Fsp3) is 0.471. The third kappa shape index (κ3) is 3.59. The van der Waals surface area contributed by atoms with Crippen molar-refractivity contribution in [1.82, 2.24) is 15.2 Å². The predicted octanol–water partition coefficient (Wildman–Crippen LogP) is 1.50. The number of aromatic nitrogens is 1. The lowest BCUT2D eigenvalue weighted by Gasteiger charge is -2.38. The van der Waals surface area contributed by atoms with Gasteiger partial charge in [0, 0.05) is 31.7 Å². The van der Waals surface area contributed by atoms with Gasteiger partial charge in [0.2, 0.25) is 0 Å². The van der Waals surface area contributed by atoms with E-state index in [4.69, 9.17) is 10.4 Å². The van der Waals surface area contributed by atoms with E-state index >= 15 is 0 Å². The molecule has 1 aromatic rings. The van der Waals surface area contributed by atoms with Crippen LogP contribution >= 0.6 is 0 Å². The molecule has 122 valence electrons. The minimum absolute atomic E-state index is 0.138. The summed E-state index contributed by atoms with van der Waals surface area (Å²) in [4.78, 5) is 11.3. The molecule has 0 saturated carbocycles. The third-order valence-corrected chi connectivity index (χ3v) is 4.49. The molecule has 6 heteroatoms. The average molecular weight is 313 g/mol. The summed E-state index contributed by atoms with van der Waals surface area (Å²) in [6.07, 6.45) is 8.47. The maximum atomic E-state index is 10.1. The van der Waals surface area contributed by atoms with E-state index in [0.29, 0.717) is 0 Å². The molecule has 0 amide bonds. The zero-order valence-electron chi connectivity index (χ0n) is 13.3. The Labute approximate surface area is 136 Å². The molecule has 3 N–H and O–H groups in total. The van der Waals surface area contributed by atoms with Gasteiger partial charge in [-0.3, -0.25) is 4.98 Å². The van der Waals surface area contributed by atoms with Gasteiger partial charge < -0.3 is 20.7 Å². The minimum Gasteiger partial charge on any atom is -0.390 e. The van der Waals surface area contributed by atoms with Crippen LogP contribution in [0.1, 0.15) is 31.4 Å². The summed E-state index contributed by atoms with van der Waals surface area (Å²) < 4.78 is 0. The van der Waals surface area contributed by atoms with Crippen LogP contribution in [0.4, 0.5) is 0 Å². The number of pyridine rings is 1. The SMILES string of the molecule is CC1(O)CCN(C2=NC(C(C=N)c3ccccn3)C=CN2)CC1. The van der Waals surface area contributed by atoms with E-state index in [1.54, 1.807) is 6.20 Å². The van der Waals surface area contributed by atoms with Crippen molar-refractivity contribution < 1.29 is 5.11 Å². The first kappa shape index (κ1) is 15.7. The number of guanidine groups is 1. The molecule has 2 unspecified atom stereocenters. The molecule has 3 heterocycles. The summed E-state index contributed by atoms with van der Waals surface area (Å²) in [6.45, 7) is 3.44. The van der Waals surface area contributed by atoms with Gasteiger partial charge in [-0.1, -0.05) is 6.07 Å². The van der Waals surface area contributed by atoms with Gasteiger partial charge in [0.25, 0.3) is 0 Å². The van der Waals surface area contributed by atoms with Gasteiger partial charge in [-0.2, -0.15) is 0 Å². The van der Waals surface area contributed by atoms with E-state index in [9.17, 15) is 5.11 Å². The van der Waals surface area contributed by atoms with Crippen LogP contribution < -0.4 is 5.32 Å². The van der Waals surface area contributed by atoms with Crippen molar-refractivity contribution in [3.05, 3.63) is 42.4 Å². The van der Waals surface area contributed by atoms with Crippen LogP contribution in [0.5, 0.6) is 0 Å². The molecule has 1 fully saturated rings. The Balaban J connectivity index is 1.76. The summed E-state index contributed by atoms with van der Waals surface area (Å²) >= 11 is 0. The second kappa shape index (κ2) is 6.50. The van der Waals surface area contributed by atoms with Crippen LogP contribution in [0.2, 0.25) is 0 Å². The van der Waals surface area contributed by atoms with Gasteiger partial charge in [0.15, 0.2) is 5.96 Å². The quantitative estimate of drug-likeness (QED) is 0.738. The van der Waals surface area contributed by atoms with E-state index in [0.717, 1.165) is 37.6 Å². The maximum Gasteiger partial charge on any atom is 0.198 e. The van der Waals surface area contributed by atoms with Crippen molar-refractivity contribution >= 4 is 12.2 Å². The Kier molecular flexibility index (Phi) is 4.43. The minimum atomic E-state index is -0.577. The van der Waals surface area contributed by atoms with Crippen molar-refractivity contribution in [2.45, 2.75) is 37.3 Å². The molecule has 2 aliphatic heterocycles. The number of nitrogens with zero attached hydrogens (tertiary/aromatic N) is 3. The Bertz CT molecular complexity index is 601. The molecule has 2 aliphatic rings. The van der Waals surface area contributed by atoms with Gasteiger partial charge in [-0.05, 0) is 38.0 Å². The zero-order valence-corrected chi connectivity index (χ0v) is 13.3. The fourth-order valence-corrected chi connectivity index (χ4v) is 2.95. The van der Waals surface area contributed by atoms with Crippen LogP contribution in [-0.2, 0) is 0 Å². The van der Waals surface area contributed by atoms with Crippen molar-refractivity contribution in [1.29, 1.82) is 5.41 Å². The number of hydrogen-bond donors (Lipinski definition) is 3. The van der Waals surface area contributed by atoms with E-state index in [2.05, 4.69) is 15.2 Å². The molecule has 3 rings (SSSR count). The lowest BCUT2D eigenvalue weighted by molar-refractivity contribution is 0.00928. The smallest absolute Gasteiger partial charge is 0.198 e. The number of hydrogen-bond acceptors (Lipinski definition) is 6. The van der Waals surface area contributed by atoms with Crippen LogP contribution in [0.25, 0.3) is 0 Å². The Morgan fingerprint density at radius 2 is 2.22 bits per heavy atom. The molecule has 0 bridgehead atoms. The van der Waals surface area contributed by atoms with Gasteiger partial charge in [0.05, 0.1) is 23.3 Å². The molecule has 0 spiro atoms. The van der Waals surface area contributed by atoms with Crippen molar-refractivity contribution in [2.24, 2.45) is 4.99 Å². The molecule has 1 saturated heterocycles. The number of aliphatic imine (C=N–C) groups is 1. The molecule has 2 atom stereocenters. The van der Waals surface area contributed by atoms with Gasteiger partial charge in [-0.15, -0.1) is 0 Å². The van der Waals surface area contributed by atoms with Crippen LogP contribution in [0.3, 0.4) is 0 Å². The second-order valence-corrected chi connectivity index (χ2v) is 6.38. The summed E-state index contributed by atoms with van der Waals surface area (Å²) in [5.74, 6) is 0.647. The highest BCUT2D eigenvalue weighted by Gasteiger charge is 2.30. The van der Waals surface area contributed by atoms with Gasteiger partial charge in [0.1, 0.15) is 0 Å². The number of piperidine rings is 1. The second-order valence-electron chi connectivity index (χ2n) is 6.38. The lowest BCUT2D eigenvalue weighted by atomic mass is 9.94. The first-order valence-electron chi connectivity index (χ1n) is 7.99. The standard InChI is InChI=1S/C17H23N5O/c1-17(23)6-10-22(11-7-17)16-20-9-5-15(21-16)13(12-18)14-4-2-3-8-19-14/h2-5,8-9,12-13,15,18,23H,6-7,10-11H2,1H3,(H,20,21). The predicted molar refractivity (Wildman–Crippen MR) is 90.7 cm³/mol. The molecule has 0 aromatic carbocycles. The van der Waals surface area contributed by atoms with Crippen LogP contribution in [0.15, 0.2) is 41.7 Å². The first-order valence-corrected chi connectivity index (χ1v) is 7.99. The highest BCUT2D eigenvalue weighted by molar-refractivity contribution is 5.83. The van der Waals surface area contributed by atoms with Crippen LogP contribution in [0, 0.1) is 5.41 Å². The molecular weight excluding hydrogens is 290 g/mol. The molecule has 0 radical (unpaired) electrons. The zero-order chi connectivity index (χ0) is 16.3. The molecule has 1 aromatic heterocycles. The van der Waals surface area contributed by atoms with Gasteiger partial charge in [-0.25, -0.2) is 4.99 Å². The van der Waals surface area contributed by atoms with E-state index in [1.165, 1.54) is 6.21 Å². The fourth-order valence-electron chi connectivity index (χ4n) is 2.95. The lowest BCUT2D eigenvalue weighted by Crippen LogP contribution is -2.50. The molecular formula is C17H23N5O. The number of nitrogens with one attached hydrogen (secondary N) is 2. The highest BCUT2D eigenvalue weighted by Crippen LogP contribution is 2.24. The normalized spacial score (nSPS) is 24.5. The third-order valence-electron chi connectivity index (χ3n) is 4.49. The average Bonchev–Trinajstić information content (AvgIpc) is 2.57. The summed E-state index contributed by atoms with van der Waals surface area (Å²) in [5.41, 5.74) is 0.274. The largest absolute Gasteiger partial charge is 0.390 e. The van der Waals surface area contributed by atoms with E-state index in [-0.39, 0.29) is 12.0 Å². The Hall–Kier alpha value is -2.21. The molecule has 0 aliphatic carbocycles. The summed E-state index contributed by atoms with van der Waals surface area (Å²) in [6, 6.07) is 5.60. The molecule has 23 heavy (non-hydrogen) atoms. The van der Waals surface area contributed by atoms with E-state index < -0.39 is 5.60 Å². The van der Waals surface area contributed by atoms with E-state index in [1.807, 2.05) is 37.4 Å². The summed E-state index contributed by atoms with van der Waals surface area (Å²) in [7, 11) is 0. The summed E-state index contributed by atoms with van der Waals surface area (Å²) in [5, 5.41) is 21.0. The topological polar surface area (TPSA) is 84.6 Å². The number of likely N-dealkylation sites (tertiary alicyclic amines) is 1. The Morgan fingerprint density at radius 3 is 2.87 bits per heavy atom. The monoisotopic (exact) mass is 313 g/mol. The van der Waals surface area contributed by atoms with Crippen LogP contribution in [-0.4, -0.2) is 51.9 Å². The van der Waals surface area contributed by atoms with Crippen molar-refractivity contribution in [2.75, 3.05) is 13.1 Å². The van der Waals surface area contributed by atoms with Gasteiger partial charge >= 0.3 is 0 Å². The number of rotatable bonds is 3. The first-order chi connectivity index (χ1) is 11.1. The number of aliphatic hydroxyl groups is 1. The highest BCUT2D eigenvalue weighted by atomic mass is 16.3. The maximum absolute atomic E-state index is 10.1. The Morgan fingerprint density at radius 1 is 1.43 bits per heavy atom. The van der Waals surface area contributed by atoms with Crippen molar-refractivity contribution in [3.8, 4) is 0 Å². The molecule has 6 nitrogen and oxygen atoms in total. The van der Waals surface area contributed by atoms with Crippen molar-refractivity contribution in [3.63, 3.8) is 0 Å².